The van der Waals surface area contributed by atoms with E-state index < -0.39 is 0 Å². The number of nitrogens with zero attached hydrogens (tertiary/aromatic N) is 3. The molecule has 0 N–H and O–H groups in total. The highest BCUT2D eigenvalue weighted by Crippen LogP contribution is 2.28. The van der Waals surface area contributed by atoms with Crippen molar-refractivity contribution in [1.82, 2.24) is 9.97 Å². The molecule has 0 saturated heterocycles. The molecule has 1 aliphatic rings. The van der Waals surface area contributed by atoms with Crippen molar-refractivity contribution in [3.8, 4) is 0 Å². The Balaban J connectivity index is 1.65. The highest BCUT2D eigenvalue weighted by Gasteiger charge is 2.16. The minimum absolute atomic E-state index is 0.247. The Hall–Kier alpha value is -1.86. The van der Waals surface area contributed by atoms with Crippen LogP contribution in [0.5, 0.6) is 0 Å². The van der Waals surface area contributed by atoms with Crippen LogP contribution in [0.25, 0.3) is 5.57 Å². The molecule has 5 nitrogen and oxygen atoms in total. The number of methoxy groups -OCH3 is 1. The molecule has 0 bridgehead atoms. The second-order valence-electron chi connectivity index (χ2n) is 4.98. The van der Waals surface area contributed by atoms with Gasteiger partial charge in [-0.1, -0.05) is 23.9 Å². The van der Waals surface area contributed by atoms with Gasteiger partial charge in [-0.05, 0) is 23.4 Å². The van der Waals surface area contributed by atoms with Crippen molar-refractivity contribution < 1.29 is 9.53 Å². The fourth-order valence-corrected chi connectivity index (χ4v) is 3.79. The summed E-state index contributed by atoms with van der Waals surface area (Å²) in [7, 11) is 1.39. The van der Waals surface area contributed by atoms with E-state index in [0.29, 0.717) is 0 Å². The van der Waals surface area contributed by atoms with Crippen molar-refractivity contribution in [1.29, 1.82) is 0 Å². The minimum atomic E-state index is -0.260. The number of thiophene rings is 1. The van der Waals surface area contributed by atoms with E-state index in [9.17, 15) is 4.79 Å². The van der Waals surface area contributed by atoms with Crippen LogP contribution in [0.1, 0.15) is 11.3 Å². The van der Waals surface area contributed by atoms with E-state index in [4.69, 9.17) is 0 Å². The fraction of sp³-hybridized carbons (Fsp3) is 0.312. The highest BCUT2D eigenvalue weighted by atomic mass is 32.2. The zero-order valence-corrected chi connectivity index (χ0v) is 14.4. The Morgan fingerprint density at radius 2 is 2.39 bits per heavy atom. The predicted molar refractivity (Wildman–Crippen MR) is 93.9 cm³/mol. The molecule has 23 heavy (non-hydrogen) atoms. The van der Waals surface area contributed by atoms with E-state index in [2.05, 4.69) is 43.2 Å². The van der Waals surface area contributed by atoms with Gasteiger partial charge in [-0.2, -0.15) is 0 Å². The number of rotatable bonds is 5. The van der Waals surface area contributed by atoms with E-state index in [-0.39, 0.29) is 11.7 Å². The van der Waals surface area contributed by atoms with Crippen LogP contribution in [0.4, 0.5) is 5.82 Å². The lowest BCUT2D eigenvalue weighted by molar-refractivity contribution is -0.137. The minimum Gasteiger partial charge on any atom is -0.468 e. The van der Waals surface area contributed by atoms with Gasteiger partial charge in [-0.15, -0.1) is 11.3 Å². The molecule has 0 aliphatic carbocycles. The van der Waals surface area contributed by atoms with E-state index in [0.717, 1.165) is 30.4 Å². The van der Waals surface area contributed by atoms with Gasteiger partial charge in [0.1, 0.15) is 10.8 Å². The molecule has 0 unspecified atom stereocenters. The third-order valence-corrected chi connectivity index (χ3v) is 5.35. The standard InChI is InChI=1S/C16H17N3O2S2/c1-21-16(20)11-23-15-10-17-9-14(18-15)19-6-4-12(5-7-19)13-3-2-8-22-13/h2-4,8-10H,5-7,11H2,1H3. The van der Waals surface area contributed by atoms with E-state index in [1.165, 1.54) is 29.3 Å². The summed E-state index contributed by atoms with van der Waals surface area (Å²) >= 11 is 3.12. The average Bonchev–Trinajstić information content (AvgIpc) is 3.15. The fourth-order valence-electron chi connectivity index (χ4n) is 2.31. The Bertz CT molecular complexity index is 701. The van der Waals surface area contributed by atoms with Crippen LogP contribution < -0.4 is 4.90 Å². The van der Waals surface area contributed by atoms with Crippen molar-refractivity contribution in [3.63, 3.8) is 0 Å². The number of anilines is 1. The lowest BCUT2D eigenvalue weighted by atomic mass is 10.1. The number of carbonyl (C=O) groups excluding carboxylic acids is 1. The summed E-state index contributed by atoms with van der Waals surface area (Å²) < 4.78 is 4.64. The van der Waals surface area contributed by atoms with Crippen LogP contribution in [0.3, 0.4) is 0 Å². The van der Waals surface area contributed by atoms with E-state index in [1.54, 1.807) is 23.7 Å². The van der Waals surface area contributed by atoms with Crippen molar-refractivity contribution in [3.05, 3.63) is 40.9 Å². The van der Waals surface area contributed by atoms with Crippen LogP contribution in [-0.2, 0) is 9.53 Å². The number of carbonyl (C=O) groups is 1. The first-order valence-corrected chi connectivity index (χ1v) is 9.12. The Morgan fingerprint density at radius 3 is 3.09 bits per heavy atom. The molecule has 0 amide bonds. The van der Waals surface area contributed by atoms with Crippen molar-refractivity contribution in [2.24, 2.45) is 0 Å². The Kier molecular flexibility index (Phi) is 5.30. The number of thioether (sulfide) groups is 1. The van der Waals surface area contributed by atoms with Gasteiger partial charge in [-0.3, -0.25) is 9.78 Å². The van der Waals surface area contributed by atoms with Crippen molar-refractivity contribution in [2.45, 2.75) is 11.4 Å². The summed E-state index contributed by atoms with van der Waals surface area (Å²) in [5.41, 5.74) is 1.40. The highest BCUT2D eigenvalue weighted by molar-refractivity contribution is 7.99. The summed E-state index contributed by atoms with van der Waals surface area (Å²) in [4.78, 5) is 23.6. The van der Waals surface area contributed by atoms with Crippen LogP contribution in [-0.4, -0.2) is 41.9 Å². The molecular weight excluding hydrogens is 330 g/mol. The Morgan fingerprint density at radius 1 is 1.48 bits per heavy atom. The molecule has 0 saturated carbocycles. The van der Waals surface area contributed by atoms with Crippen LogP contribution >= 0.6 is 23.1 Å². The summed E-state index contributed by atoms with van der Waals surface area (Å²) in [6, 6.07) is 4.25. The smallest absolute Gasteiger partial charge is 0.316 e. The largest absolute Gasteiger partial charge is 0.468 e. The number of aromatic nitrogens is 2. The third-order valence-electron chi connectivity index (χ3n) is 3.54. The zero-order valence-electron chi connectivity index (χ0n) is 12.8. The molecule has 0 radical (unpaired) electrons. The number of hydrogen-bond donors (Lipinski definition) is 0. The molecule has 0 spiro atoms. The SMILES string of the molecule is COC(=O)CSc1cncc(N2CC=C(c3cccs3)CC2)n1. The van der Waals surface area contributed by atoms with E-state index >= 15 is 0 Å². The lowest BCUT2D eigenvalue weighted by Crippen LogP contribution is -2.29. The van der Waals surface area contributed by atoms with Crippen LogP contribution in [0, 0.1) is 0 Å². The summed E-state index contributed by atoms with van der Waals surface area (Å²) in [6.45, 7) is 1.75. The van der Waals surface area contributed by atoms with Crippen molar-refractivity contribution in [2.75, 3.05) is 30.9 Å². The van der Waals surface area contributed by atoms with Gasteiger partial charge in [0.2, 0.25) is 0 Å². The summed E-state index contributed by atoms with van der Waals surface area (Å²) in [5.74, 6) is 0.835. The molecule has 120 valence electrons. The second kappa shape index (κ2) is 7.61. The second-order valence-corrected chi connectivity index (χ2v) is 6.93. The summed E-state index contributed by atoms with van der Waals surface area (Å²) in [5, 5.41) is 2.84. The monoisotopic (exact) mass is 347 g/mol. The molecule has 0 atom stereocenters. The lowest BCUT2D eigenvalue weighted by Gasteiger charge is -2.27. The molecule has 7 heteroatoms. The first-order chi connectivity index (χ1) is 11.3. The van der Waals surface area contributed by atoms with Crippen molar-refractivity contribution >= 4 is 40.5 Å². The molecule has 2 aromatic heterocycles. The number of hydrogen-bond acceptors (Lipinski definition) is 7. The molecule has 2 aromatic rings. The topological polar surface area (TPSA) is 55.3 Å². The maximum atomic E-state index is 11.2. The molecule has 3 heterocycles. The van der Waals surface area contributed by atoms with Gasteiger partial charge in [0.15, 0.2) is 0 Å². The van der Waals surface area contributed by atoms with Crippen LogP contribution in [0.2, 0.25) is 0 Å². The maximum Gasteiger partial charge on any atom is 0.316 e. The molecule has 0 fully saturated rings. The van der Waals surface area contributed by atoms with Gasteiger partial charge in [0.25, 0.3) is 0 Å². The normalized spacial score (nSPS) is 14.5. The molecule has 1 aliphatic heterocycles. The maximum absolute atomic E-state index is 11.2. The third kappa shape index (κ3) is 4.11. The molecular formula is C16H17N3O2S2. The number of esters is 1. The zero-order chi connectivity index (χ0) is 16.1. The van der Waals surface area contributed by atoms with Crippen LogP contribution in [0.15, 0.2) is 41.0 Å². The van der Waals surface area contributed by atoms with E-state index in [1.807, 2.05) is 0 Å². The number of ether oxygens (including phenoxy) is 1. The van der Waals surface area contributed by atoms with Gasteiger partial charge < -0.3 is 9.64 Å². The quantitative estimate of drug-likeness (QED) is 0.612. The van der Waals surface area contributed by atoms with Gasteiger partial charge >= 0.3 is 5.97 Å². The first-order valence-electron chi connectivity index (χ1n) is 7.26. The Labute approximate surface area is 143 Å². The molecule has 0 aromatic carbocycles. The average molecular weight is 347 g/mol. The molecule has 3 rings (SSSR count). The van der Waals surface area contributed by atoms with Gasteiger partial charge in [-0.25, -0.2) is 4.98 Å². The summed E-state index contributed by atoms with van der Waals surface area (Å²) in [6.07, 6.45) is 6.70. The van der Waals surface area contributed by atoms with Gasteiger partial charge in [0.05, 0.1) is 25.3 Å². The van der Waals surface area contributed by atoms with Gasteiger partial charge in [0, 0.05) is 18.0 Å². The first kappa shape index (κ1) is 16.0. The predicted octanol–water partition coefficient (Wildman–Crippen LogP) is 3.10.